The Labute approximate surface area is 100 Å². The standard InChI is InChI=1S/C11H17N3O3/c1-9(2)8-17-6-5-13-10-3-4-12-7-11(10)14(15)16/h3-4,7,9H,5-6,8H2,1-2H3,(H,12,13). The third-order valence-corrected chi connectivity index (χ3v) is 2.01. The molecule has 1 rings (SSSR count). The normalized spacial score (nSPS) is 10.5. The molecule has 17 heavy (non-hydrogen) atoms. The van der Waals surface area contributed by atoms with Gasteiger partial charge in [-0.3, -0.25) is 15.1 Å². The largest absolute Gasteiger partial charge is 0.379 e. The van der Waals surface area contributed by atoms with Crippen molar-refractivity contribution in [3.63, 3.8) is 0 Å². The fourth-order valence-corrected chi connectivity index (χ4v) is 1.26. The quantitative estimate of drug-likeness (QED) is 0.447. The number of nitrogens with one attached hydrogen (secondary N) is 1. The van der Waals surface area contributed by atoms with Crippen LogP contribution in [0, 0.1) is 16.0 Å². The van der Waals surface area contributed by atoms with Gasteiger partial charge in [0, 0.05) is 19.3 Å². The van der Waals surface area contributed by atoms with E-state index in [9.17, 15) is 10.1 Å². The van der Waals surface area contributed by atoms with Crippen LogP contribution < -0.4 is 5.32 Å². The number of hydrogen-bond acceptors (Lipinski definition) is 5. The molecule has 0 aliphatic heterocycles. The molecule has 1 heterocycles. The molecule has 0 aliphatic rings. The number of pyridine rings is 1. The molecule has 0 unspecified atom stereocenters. The van der Waals surface area contributed by atoms with Gasteiger partial charge < -0.3 is 10.1 Å². The van der Waals surface area contributed by atoms with E-state index in [0.717, 1.165) is 0 Å². The molecule has 6 nitrogen and oxygen atoms in total. The molecule has 94 valence electrons. The van der Waals surface area contributed by atoms with E-state index in [1.54, 1.807) is 6.07 Å². The number of nitro groups is 1. The van der Waals surface area contributed by atoms with Gasteiger partial charge in [-0.1, -0.05) is 13.8 Å². The summed E-state index contributed by atoms with van der Waals surface area (Å²) >= 11 is 0. The number of ether oxygens (including phenoxy) is 1. The van der Waals surface area contributed by atoms with Crippen LogP contribution in [0.3, 0.4) is 0 Å². The zero-order valence-corrected chi connectivity index (χ0v) is 10.0. The van der Waals surface area contributed by atoms with Gasteiger partial charge in [0.2, 0.25) is 0 Å². The highest BCUT2D eigenvalue weighted by atomic mass is 16.6. The minimum absolute atomic E-state index is 0.0173. The summed E-state index contributed by atoms with van der Waals surface area (Å²) in [6.45, 7) is 5.90. The Balaban J connectivity index is 2.39. The lowest BCUT2D eigenvalue weighted by molar-refractivity contribution is -0.384. The minimum Gasteiger partial charge on any atom is -0.379 e. The molecule has 0 bridgehead atoms. The monoisotopic (exact) mass is 239 g/mol. The van der Waals surface area contributed by atoms with E-state index >= 15 is 0 Å². The highest BCUT2D eigenvalue weighted by Crippen LogP contribution is 2.21. The summed E-state index contributed by atoms with van der Waals surface area (Å²) in [5.74, 6) is 0.491. The van der Waals surface area contributed by atoms with Crippen molar-refractivity contribution in [1.29, 1.82) is 0 Å². The van der Waals surface area contributed by atoms with Crippen LogP contribution in [0.4, 0.5) is 11.4 Å². The lowest BCUT2D eigenvalue weighted by Crippen LogP contribution is -2.13. The number of anilines is 1. The van der Waals surface area contributed by atoms with Crippen LogP contribution in [-0.4, -0.2) is 29.7 Å². The molecule has 1 aromatic rings. The lowest BCUT2D eigenvalue weighted by atomic mass is 10.2. The first-order valence-corrected chi connectivity index (χ1v) is 5.51. The Morgan fingerprint density at radius 3 is 3.00 bits per heavy atom. The summed E-state index contributed by atoms with van der Waals surface area (Å²) in [5.41, 5.74) is 0.453. The van der Waals surface area contributed by atoms with Gasteiger partial charge in [0.15, 0.2) is 0 Å². The summed E-state index contributed by atoms with van der Waals surface area (Å²) in [4.78, 5) is 14.0. The second kappa shape index (κ2) is 6.80. The highest BCUT2D eigenvalue weighted by molar-refractivity contribution is 5.59. The topological polar surface area (TPSA) is 77.3 Å². The van der Waals surface area contributed by atoms with E-state index in [2.05, 4.69) is 24.1 Å². The van der Waals surface area contributed by atoms with Gasteiger partial charge in [-0.05, 0) is 12.0 Å². The Kier molecular flexibility index (Phi) is 5.35. The highest BCUT2D eigenvalue weighted by Gasteiger charge is 2.12. The van der Waals surface area contributed by atoms with E-state index in [1.807, 2.05) is 0 Å². The van der Waals surface area contributed by atoms with Gasteiger partial charge in [-0.25, -0.2) is 0 Å². The van der Waals surface area contributed by atoms with Crippen LogP contribution in [0.15, 0.2) is 18.5 Å². The third-order valence-electron chi connectivity index (χ3n) is 2.01. The summed E-state index contributed by atoms with van der Waals surface area (Å²) in [5, 5.41) is 13.7. The molecule has 0 saturated heterocycles. The van der Waals surface area contributed by atoms with Crippen molar-refractivity contribution in [2.24, 2.45) is 5.92 Å². The summed E-state index contributed by atoms with van der Waals surface area (Å²) in [6.07, 6.45) is 2.75. The van der Waals surface area contributed by atoms with Crippen molar-refractivity contribution in [3.8, 4) is 0 Å². The fraction of sp³-hybridized carbons (Fsp3) is 0.545. The van der Waals surface area contributed by atoms with Crippen LogP contribution in [0.1, 0.15) is 13.8 Å². The molecular formula is C11H17N3O3. The first-order valence-electron chi connectivity index (χ1n) is 5.51. The minimum atomic E-state index is -0.454. The average Bonchev–Trinajstić information content (AvgIpc) is 2.28. The molecule has 0 atom stereocenters. The molecular weight excluding hydrogens is 222 g/mol. The maximum Gasteiger partial charge on any atom is 0.310 e. The maximum absolute atomic E-state index is 10.7. The van der Waals surface area contributed by atoms with Gasteiger partial charge in [0.05, 0.1) is 11.5 Å². The molecule has 1 aromatic heterocycles. The van der Waals surface area contributed by atoms with E-state index < -0.39 is 4.92 Å². The van der Waals surface area contributed by atoms with Crippen molar-refractivity contribution in [3.05, 3.63) is 28.6 Å². The third kappa shape index (κ3) is 4.78. The van der Waals surface area contributed by atoms with Gasteiger partial charge >= 0.3 is 5.69 Å². The SMILES string of the molecule is CC(C)COCCNc1ccncc1[N+](=O)[O-]. The van der Waals surface area contributed by atoms with E-state index in [-0.39, 0.29) is 5.69 Å². The summed E-state index contributed by atoms with van der Waals surface area (Å²) in [6, 6.07) is 1.58. The number of nitrogens with zero attached hydrogens (tertiary/aromatic N) is 2. The molecule has 0 spiro atoms. The van der Waals surface area contributed by atoms with Gasteiger partial charge in [-0.15, -0.1) is 0 Å². The first kappa shape index (κ1) is 13.4. The molecule has 6 heteroatoms. The fourth-order valence-electron chi connectivity index (χ4n) is 1.26. The van der Waals surface area contributed by atoms with Crippen molar-refractivity contribution in [1.82, 2.24) is 4.98 Å². The van der Waals surface area contributed by atoms with E-state index in [1.165, 1.54) is 12.4 Å². The molecule has 0 aliphatic carbocycles. The van der Waals surface area contributed by atoms with Crippen molar-refractivity contribution in [2.45, 2.75) is 13.8 Å². The molecule has 0 aromatic carbocycles. The van der Waals surface area contributed by atoms with Crippen molar-refractivity contribution >= 4 is 11.4 Å². The van der Waals surface area contributed by atoms with Crippen molar-refractivity contribution < 1.29 is 9.66 Å². The smallest absolute Gasteiger partial charge is 0.310 e. The molecule has 0 fully saturated rings. The molecule has 0 saturated carbocycles. The Hall–Kier alpha value is -1.69. The second-order valence-electron chi connectivity index (χ2n) is 4.05. The van der Waals surface area contributed by atoms with Crippen LogP contribution in [0.2, 0.25) is 0 Å². The Morgan fingerprint density at radius 2 is 2.35 bits per heavy atom. The van der Waals surface area contributed by atoms with E-state index in [4.69, 9.17) is 4.74 Å². The lowest BCUT2D eigenvalue weighted by Gasteiger charge is -2.08. The molecule has 0 radical (unpaired) electrons. The number of rotatable bonds is 7. The Morgan fingerprint density at radius 1 is 1.59 bits per heavy atom. The molecule has 1 N–H and O–H groups in total. The first-order chi connectivity index (χ1) is 8.11. The molecule has 0 amide bonds. The summed E-state index contributed by atoms with van der Waals surface area (Å²) in [7, 11) is 0. The van der Waals surface area contributed by atoms with Gasteiger partial charge in [0.1, 0.15) is 11.9 Å². The average molecular weight is 239 g/mol. The number of aromatic nitrogens is 1. The van der Waals surface area contributed by atoms with Crippen LogP contribution >= 0.6 is 0 Å². The summed E-state index contributed by atoms with van der Waals surface area (Å²) < 4.78 is 5.37. The maximum atomic E-state index is 10.7. The second-order valence-corrected chi connectivity index (χ2v) is 4.05. The predicted molar refractivity (Wildman–Crippen MR) is 65.0 cm³/mol. The Bertz CT molecular complexity index is 369. The van der Waals surface area contributed by atoms with E-state index in [0.29, 0.717) is 31.4 Å². The van der Waals surface area contributed by atoms with Gasteiger partial charge in [0.25, 0.3) is 0 Å². The predicted octanol–water partition coefficient (Wildman–Crippen LogP) is 2.07. The van der Waals surface area contributed by atoms with Crippen LogP contribution in [0.5, 0.6) is 0 Å². The van der Waals surface area contributed by atoms with Crippen molar-refractivity contribution in [2.75, 3.05) is 25.1 Å². The van der Waals surface area contributed by atoms with Crippen LogP contribution in [0.25, 0.3) is 0 Å². The zero-order valence-electron chi connectivity index (χ0n) is 10.0. The van der Waals surface area contributed by atoms with Crippen LogP contribution in [-0.2, 0) is 4.74 Å². The zero-order chi connectivity index (χ0) is 12.7. The van der Waals surface area contributed by atoms with Gasteiger partial charge in [-0.2, -0.15) is 0 Å². The number of hydrogen-bond donors (Lipinski definition) is 1.